The first-order valence-electron chi connectivity index (χ1n) is 6.84. The number of carboxylic acid groups (broad SMARTS) is 1. The second-order valence-electron chi connectivity index (χ2n) is 5.00. The van der Waals surface area contributed by atoms with Crippen molar-refractivity contribution in [1.82, 2.24) is 15.5 Å². The molecule has 0 fully saturated rings. The van der Waals surface area contributed by atoms with Crippen LogP contribution in [0.4, 0.5) is 4.79 Å². The van der Waals surface area contributed by atoms with Gasteiger partial charge in [0.2, 0.25) is 0 Å². The van der Waals surface area contributed by atoms with Crippen LogP contribution in [0.5, 0.6) is 0 Å². The first-order chi connectivity index (χ1) is 9.38. The van der Waals surface area contributed by atoms with Gasteiger partial charge in [-0.3, -0.25) is 0 Å². The highest BCUT2D eigenvalue weighted by molar-refractivity contribution is 7.98. The molecule has 3 N–H and O–H groups in total. The summed E-state index contributed by atoms with van der Waals surface area (Å²) < 4.78 is 0. The van der Waals surface area contributed by atoms with Crippen molar-refractivity contribution in [3.8, 4) is 0 Å². The second-order valence-corrected chi connectivity index (χ2v) is 5.99. The van der Waals surface area contributed by atoms with Crippen molar-refractivity contribution >= 4 is 23.8 Å². The number of aliphatic carboxylic acids is 1. The minimum absolute atomic E-state index is 0.411. The summed E-state index contributed by atoms with van der Waals surface area (Å²) in [5, 5.41) is 14.2. The molecule has 0 aromatic rings. The van der Waals surface area contributed by atoms with Crippen LogP contribution in [-0.4, -0.2) is 66.2 Å². The second kappa shape index (κ2) is 10.8. The minimum atomic E-state index is -0.992. The molecule has 0 bridgehead atoms. The SMILES string of the molecule is CSCC[C@@H](NC(=O)NCCCN(C)C(C)C)C(=O)O. The lowest BCUT2D eigenvalue weighted by Crippen LogP contribution is -2.46. The Balaban J connectivity index is 3.88. The van der Waals surface area contributed by atoms with E-state index in [2.05, 4.69) is 29.4 Å². The van der Waals surface area contributed by atoms with Crippen LogP contribution in [0.15, 0.2) is 0 Å². The normalized spacial score (nSPS) is 12.5. The third kappa shape index (κ3) is 9.03. The van der Waals surface area contributed by atoms with Crippen LogP contribution < -0.4 is 10.6 Å². The van der Waals surface area contributed by atoms with Gasteiger partial charge >= 0.3 is 12.0 Å². The van der Waals surface area contributed by atoms with Crippen LogP contribution in [0.2, 0.25) is 0 Å². The number of thioether (sulfide) groups is 1. The largest absolute Gasteiger partial charge is 0.480 e. The van der Waals surface area contributed by atoms with Crippen molar-refractivity contribution < 1.29 is 14.7 Å². The highest BCUT2D eigenvalue weighted by Crippen LogP contribution is 2.01. The first kappa shape index (κ1) is 19.1. The molecule has 20 heavy (non-hydrogen) atoms. The van der Waals surface area contributed by atoms with Crippen LogP contribution in [-0.2, 0) is 4.79 Å². The minimum Gasteiger partial charge on any atom is -0.480 e. The Hall–Kier alpha value is -0.950. The number of carboxylic acids is 1. The molecule has 118 valence electrons. The zero-order valence-corrected chi connectivity index (χ0v) is 13.6. The maximum absolute atomic E-state index is 11.6. The average molecular weight is 305 g/mol. The smallest absolute Gasteiger partial charge is 0.326 e. The molecule has 0 rings (SSSR count). The molecule has 0 radical (unpaired) electrons. The van der Waals surface area contributed by atoms with Crippen molar-refractivity contribution in [2.24, 2.45) is 0 Å². The number of carbonyl (C=O) groups excluding carboxylic acids is 1. The van der Waals surface area contributed by atoms with Gasteiger partial charge in [0.05, 0.1) is 0 Å². The summed E-state index contributed by atoms with van der Waals surface area (Å²) in [4.78, 5) is 24.8. The topological polar surface area (TPSA) is 81.7 Å². The fourth-order valence-electron chi connectivity index (χ4n) is 1.49. The van der Waals surface area contributed by atoms with Crippen molar-refractivity contribution in [2.45, 2.75) is 38.8 Å². The first-order valence-corrected chi connectivity index (χ1v) is 8.24. The van der Waals surface area contributed by atoms with Gasteiger partial charge in [-0.1, -0.05) is 0 Å². The molecular weight excluding hydrogens is 278 g/mol. The van der Waals surface area contributed by atoms with Crippen molar-refractivity contribution in [1.29, 1.82) is 0 Å². The predicted molar refractivity (Wildman–Crippen MR) is 83.3 cm³/mol. The van der Waals surface area contributed by atoms with Crippen molar-refractivity contribution in [3.05, 3.63) is 0 Å². The third-order valence-electron chi connectivity index (χ3n) is 3.07. The Kier molecular flexibility index (Phi) is 10.3. The summed E-state index contributed by atoms with van der Waals surface area (Å²) in [7, 11) is 2.04. The fraction of sp³-hybridized carbons (Fsp3) is 0.846. The molecule has 1 atom stereocenters. The molecule has 6 nitrogen and oxygen atoms in total. The van der Waals surface area contributed by atoms with E-state index in [1.807, 2.05) is 13.3 Å². The quantitative estimate of drug-likeness (QED) is 0.529. The van der Waals surface area contributed by atoms with E-state index in [0.717, 1.165) is 13.0 Å². The van der Waals surface area contributed by atoms with E-state index < -0.39 is 18.0 Å². The summed E-state index contributed by atoms with van der Waals surface area (Å²) in [5.41, 5.74) is 0. The van der Waals surface area contributed by atoms with Crippen LogP contribution in [0.3, 0.4) is 0 Å². The summed E-state index contributed by atoms with van der Waals surface area (Å²) in [6.45, 7) is 5.66. The van der Waals surface area contributed by atoms with Gasteiger partial charge in [-0.05, 0) is 52.3 Å². The Morgan fingerprint density at radius 3 is 2.50 bits per heavy atom. The maximum atomic E-state index is 11.6. The zero-order chi connectivity index (χ0) is 15.5. The number of carbonyl (C=O) groups is 2. The van der Waals surface area contributed by atoms with Gasteiger partial charge in [-0.25, -0.2) is 9.59 Å². The maximum Gasteiger partial charge on any atom is 0.326 e. The Morgan fingerprint density at radius 2 is 2.00 bits per heavy atom. The molecule has 2 amide bonds. The van der Waals surface area contributed by atoms with Gasteiger partial charge in [-0.15, -0.1) is 0 Å². The lowest BCUT2D eigenvalue weighted by Gasteiger charge is -2.21. The molecular formula is C13H27N3O3S. The number of nitrogens with one attached hydrogen (secondary N) is 2. The fourth-order valence-corrected chi connectivity index (χ4v) is 1.96. The summed E-state index contributed by atoms with van der Waals surface area (Å²) in [6.07, 6.45) is 3.18. The monoisotopic (exact) mass is 305 g/mol. The van der Waals surface area contributed by atoms with Gasteiger partial charge in [-0.2, -0.15) is 11.8 Å². The molecule has 0 aliphatic rings. The Labute approximate surface area is 125 Å². The number of amides is 2. The molecule has 0 saturated carbocycles. The predicted octanol–water partition coefficient (Wildman–Crippen LogP) is 1.22. The van der Waals surface area contributed by atoms with E-state index in [1.165, 1.54) is 0 Å². The number of urea groups is 1. The highest BCUT2D eigenvalue weighted by Gasteiger charge is 2.18. The highest BCUT2D eigenvalue weighted by atomic mass is 32.2. The van der Waals surface area contributed by atoms with Crippen LogP contribution in [0.1, 0.15) is 26.7 Å². The van der Waals surface area contributed by atoms with Gasteiger partial charge in [0, 0.05) is 12.6 Å². The number of rotatable bonds is 10. The van der Waals surface area contributed by atoms with E-state index in [-0.39, 0.29) is 0 Å². The van der Waals surface area contributed by atoms with E-state index in [1.54, 1.807) is 11.8 Å². The molecule has 0 unspecified atom stereocenters. The average Bonchev–Trinajstić information content (AvgIpc) is 2.38. The molecule has 0 spiro atoms. The summed E-state index contributed by atoms with van der Waals surface area (Å²) >= 11 is 1.56. The lowest BCUT2D eigenvalue weighted by atomic mass is 10.2. The van der Waals surface area contributed by atoms with Gasteiger partial charge in [0.1, 0.15) is 6.04 Å². The van der Waals surface area contributed by atoms with Crippen molar-refractivity contribution in [3.63, 3.8) is 0 Å². The molecule has 7 heteroatoms. The van der Waals surface area contributed by atoms with Crippen molar-refractivity contribution in [2.75, 3.05) is 32.1 Å². The Morgan fingerprint density at radius 1 is 1.35 bits per heavy atom. The Bertz CT molecular complexity index is 301. The molecule has 0 saturated heterocycles. The van der Waals surface area contributed by atoms with Gasteiger partial charge in [0.15, 0.2) is 0 Å². The zero-order valence-electron chi connectivity index (χ0n) is 12.8. The van der Waals surface area contributed by atoms with E-state index >= 15 is 0 Å². The van der Waals surface area contributed by atoms with Crippen LogP contribution in [0, 0.1) is 0 Å². The van der Waals surface area contributed by atoms with Crippen LogP contribution in [0.25, 0.3) is 0 Å². The molecule has 0 aliphatic heterocycles. The molecule has 0 heterocycles. The standard InChI is InChI=1S/C13H27N3O3S/c1-10(2)16(3)8-5-7-14-13(19)15-11(12(17)18)6-9-20-4/h10-11H,5-9H2,1-4H3,(H,17,18)(H2,14,15,19)/t11-/m1/s1. The molecule has 0 aliphatic carbocycles. The van der Waals surface area contributed by atoms with E-state index in [9.17, 15) is 9.59 Å². The molecule has 0 aromatic heterocycles. The van der Waals surface area contributed by atoms with Crippen LogP contribution >= 0.6 is 11.8 Å². The number of nitrogens with zero attached hydrogens (tertiary/aromatic N) is 1. The van der Waals surface area contributed by atoms with E-state index in [4.69, 9.17) is 5.11 Å². The number of hydrogen-bond acceptors (Lipinski definition) is 4. The molecule has 0 aromatic carbocycles. The summed E-state index contributed by atoms with van der Waals surface area (Å²) in [6, 6.07) is -0.752. The number of hydrogen-bond donors (Lipinski definition) is 3. The lowest BCUT2D eigenvalue weighted by molar-refractivity contribution is -0.139. The van der Waals surface area contributed by atoms with Gasteiger partial charge in [0.25, 0.3) is 0 Å². The van der Waals surface area contributed by atoms with Gasteiger partial charge < -0.3 is 20.6 Å². The van der Waals surface area contributed by atoms with E-state index in [0.29, 0.717) is 24.8 Å². The third-order valence-corrected chi connectivity index (χ3v) is 3.71. The summed E-state index contributed by atoms with van der Waals surface area (Å²) in [5.74, 6) is -0.287.